The molecule has 27 heavy (non-hydrogen) atoms. The summed E-state index contributed by atoms with van der Waals surface area (Å²) in [5.41, 5.74) is 1.33. The summed E-state index contributed by atoms with van der Waals surface area (Å²) in [5.74, 6) is 1.14. The number of hydrogen-bond donors (Lipinski definition) is 1. The summed E-state index contributed by atoms with van der Waals surface area (Å²) in [6.45, 7) is 1.79. The van der Waals surface area contributed by atoms with Crippen molar-refractivity contribution in [3.05, 3.63) is 53.9 Å². The van der Waals surface area contributed by atoms with E-state index in [2.05, 4.69) is 10.3 Å². The SMILES string of the molecule is O=C1CCC(CN(Cc2ccccn2)C(=O)c2ccc3c(c2)OCCO3)N1. The number of carbonyl (C=O) groups is 2. The fourth-order valence-electron chi connectivity index (χ4n) is 3.35. The van der Waals surface area contributed by atoms with Crippen LogP contribution < -0.4 is 14.8 Å². The van der Waals surface area contributed by atoms with E-state index in [1.807, 2.05) is 18.2 Å². The lowest BCUT2D eigenvalue weighted by Gasteiger charge is -2.26. The molecular formula is C20H21N3O4. The summed E-state index contributed by atoms with van der Waals surface area (Å²) in [4.78, 5) is 30.8. The molecule has 1 unspecified atom stereocenters. The maximum atomic E-state index is 13.2. The molecule has 2 aliphatic heterocycles. The van der Waals surface area contributed by atoms with Crippen LogP contribution >= 0.6 is 0 Å². The molecule has 1 atom stereocenters. The van der Waals surface area contributed by atoms with Crippen molar-refractivity contribution in [2.75, 3.05) is 19.8 Å². The largest absolute Gasteiger partial charge is 0.486 e. The number of hydrogen-bond acceptors (Lipinski definition) is 5. The molecule has 7 nitrogen and oxygen atoms in total. The van der Waals surface area contributed by atoms with Gasteiger partial charge in [-0.3, -0.25) is 14.6 Å². The molecule has 2 amide bonds. The van der Waals surface area contributed by atoms with Crippen LogP contribution in [-0.2, 0) is 11.3 Å². The average molecular weight is 367 g/mol. The minimum atomic E-state index is -0.126. The van der Waals surface area contributed by atoms with Gasteiger partial charge in [0.25, 0.3) is 5.91 Å². The lowest BCUT2D eigenvalue weighted by Crippen LogP contribution is -2.41. The van der Waals surface area contributed by atoms with Crippen molar-refractivity contribution >= 4 is 11.8 Å². The van der Waals surface area contributed by atoms with Gasteiger partial charge in [-0.1, -0.05) is 6.07 Å². The first-order chi connectivity index (χ1) is 13.2. The summed E-state index contributed by atoms with van der Waals surface area (Å²) in [7, 11) is 0. The second kappa shape index (κ2) is 7.65. The molecule has 0 saturated carbocycles. The summed E-state index contributed by atoms with van der Waals surface area (Å²) >= 11 is 0. The Labute approximate surface area is 157 Å². The molecule has 0 bridgehead atoms. The predicted molar refractivity (Wildman–Crippen MR) is 97.6 cm³/mol. The molecule has 1 aromatic carbocycles. The van der Waals surface area contributed by atoms with E-state index in [1.54, 1.807) is 29.3 Å². The highest BCUT2D eigenvalue weighted by molar-refractivity contribution is 5.95. The van der Waals surface area contributed by atoms with E-state index in [4.69, 9.17) is 9.47 Å². The van der Waals surface area contributed by atoms with Gasteiger partial charge < -0.3 is 19.7 Å². The lowest BCUT2D eigenvalue weighted by atomic mass is 10.1. The minimum absolute atomic E-state index is 0.0320. The van der Waals surface area contributed by atoms with E-state index >= 15 is 0 Å². The van der Waals surface area contributed by atoms with E-state index < -0.39 is 0 Å². The Morgan fingerprint density at radius 2 is 2.04 bits per heavy atom. The van der Waals surface area contributed by atoms with Crippen molar-refractivity contribution in [2.45, 2.75) is 25.4 Å². The zero-order valence-corrected chi connectivity index (χ0v) is 14.9. The first-order valence-corrected chi connectivity index (χ1v) is 9.07. The smallest absolute Gasteiger partial charge is 0.254 e. The van der Waals surface area contributed by atoms with Crippen LogP contribution in [0.4, 0.5) is 0 Å². The molecule has 2 aliphatic rings. The van der Waals surface area contributed by atoms with Crippen LogP contribution in [0, 0.1) is 0 Å². The second-order valence-electron chi connectivity index (χ2n) is 6.67. The number of fused-ring (bicyclic) bond motifs is 1. The molecule has 3 heterocycles. The number of carbonyl (C=O) groups excluding carboxylic acids is 2. The average Bonchev–Trinajstić information content (AvgIpc) is 3.12. The standard InChI is InChI=1S/C20H21N3O4/c24-19-7-5-16(22-19)13-23(12-15-3-1-2-8-21-15)20(25)14-4-6-17-18(11-14)27-10-9-26-17/h1-4,6,8,11,16H,5,7,9-10,12-13H2,(H,22,24). The van der Waals surface area contributed by atoms with Crippen molar-refractivity contribution in [3.8, 4) is 11.5 Å². The van der Waals surface area contributed by atoms with Gasteiger partial charge in [-0.2, -0.15) is 0 Å². The monoisotopic (exact) mass is 367 g/mol. The van der Waals surface area contributed by atoms with Gasteiger partial charge in [0.1, 0.15) is 13.2 Å². The van der Waals surface area contributed by atoms with Crippen LogP contribution in [0.1, 0.15) is 28.9 Å². The van der Waals surface area contributed by atoms with Crippen LogP contribution in [0.2, 0.25) is 0 Å². The summed E-state index contributed by atoms with van der Waals surface area (Å²) in [6, 6.07) is 10.8. The number of pyridine rings is 1. The molecule has 1 N–H and O–H groups in total. The molecule has 4 rings (SSSR count). The Morgan fingerprint density at radius 1 is 1.19 bits per heavy atom. The normalized spacial score (nSPS) is 18.1. The molecular weight excluding hydrogens is 346 g/mol. The topological polar surface area (TPSA) is 80.8 Å². The molecule has 1 aromatic heterocycles. The Hall–Kier alpha value is -3.09. The van der Waals surface area contributed by atoms with Gasteiger partial charge in [0, 0.05) is 30.8 Å². The fourth-order valence-corrected chi connectivity index (χ4v) is 3.35. The van der Waals surface area contributed by atoms with Crippen molar-refractivity contribution in [1.29, 1.82) is 0 Å². The van der Waals surface area contributed by atoms with Gasteiger partial charge in [0.05, 0.1) is 12.2 Å². The molecule has 1 saturated heterocycles. The Balaban J connectivity index is 1.56. The number of amides is 2. The van der Waals surface area contributed by atoms with Crippen LogP contribution in [0.3, 0.4) is 0 Å². The van der Waals surface area contributed by atoms with Crippen molar-refractivity contribution in [3.63, 3.8) is 0 Å². The van der Waals surface area contributed by atoms with Gasteiger partial charge in [-0.15, -0.1) is 0 Å². The van der Waals surface area contributed by atoms with Crippen molar-refractivity contribution in [2.24, 2.45) is 0 Å². The quantitative estimate of drug-likeness (QED) is 0.871. The fraction of sp³-hybridized carbons (Fsp3) is 0.350. The van der Waals surface area contributed by atoms with Crippen LogP contribution in [0.15, 0.2) is 42.6 Å². The van der Waals surface area contributed by atoms with Crippen LogP contribution in [0.25, 0.3) is 0 Å². The highest BCUT2D eigenvalue weighted by Crippen LogP contribution is 2.31. The number of benzene rings is 1. The molecule has 0 spiro atoms. The van der Waals surface area contributed by atoms with Gasteiger partial charge >= 0.3 is 0 Å². The first-order valence-electron chi connectivity index (χ1n) is 9.07. The number of nitrogens with zero attached hydrogens (tertiary/aromatic N) is 2. The second-order valence-corrected chi connectivity index (χ2v) is 6.67. The number of aromatic nitrogens is 1. The highest BCUT2D eigenvalue weighted by atomic mass is 16.6. The number of rotatable bonds is 5. The zero-order chi connectivity index (χ0) is 18.6. The third kappa shape index (κ3) is 4.02. The molecule has 1 fully saturated rings. The molecule has 0 radical (unpaired) electrons. The Kier molecular flexibility index (Phi) is 4.91. The van der Waals surface area contributed by atoms with Crippen LogP contribution in [-0.4, -0.2) is 47.5 Å². The molecule has 2 aromatic rings. The number of nitrogens with one attached hydrogen (secondary N) is 1. The molecule has 0 aliphatic carbocycles. The van der Waals surface area contributed by atoms with Gasteiger partial charge in [0.15, 0.2) is 11.5 Å². The van der Waals surface area contributed by atoms with Crippen molar-refractivity contribution in [1.82, 2.24) is 15.2 Å². The van der Waals surface area contributed by atoms with E-state index in [0.717, 1.165) is 12.1 Å². The van der Waals surface area contributed by atoms with E-state index in [0.29, 0.717) is 49.8 Å². The molecule has 7 heteroatoms. The Morgan fingerprint density at radius 3 is 2.78 bits per heavy atom. The maximum absolute atomic E-state index is 13.2. The van der Waals surface area contributed by atoms with Gasteiger partial charge in [-0.05, 0) is 36.8 Å². The van der Waals surface area contributed by atoms with E-state index in [1.165, 1.54) is 0 Å². The summed E-state index contributed by atoms with van der Waals surface area (Å²) in [5, 5.41) is 2.93. The maximum Gasteiger partial charge on any atom is 0.254 e. The summed E-state index contributed by atoms with van der Waals surface area (Å²) in [6.07, 6.45) is 2.94. The molecule has 140 valence electrons. The predicted octanol–water partition coefficient (Wildman–Crippen LogP) is 1.77. The third-order valence-corrected chi connectivity index (χ3v) is 4.68. The number of ether oxygens (including phenoxy) is 2. The summed E-state index contributed by atoms with van der Waals surface area (Å²) < 4.78 is 11.1. The lowest BCUT2D eigenvalue weighted by molar-refractivity contribution is -0.119. The van der Waals surface area contributed by atoms with E-state index in [-0.39, 0.29) is 17.9 Å². The van der Waals surface area contributed by atoms with Gasteiger partial charge in [-0.25, -0.2) is 0 Å². The van der Waals surface area contributed by atoms with Crippen molar-refractivity contribution < 1.29 is 19.1 Å². The van der Waals surface area contributed by atoms with E-state index in [9.17, 15) is 9.59 Å². The zero-order valence-electron chi connectivity index (χ0n) is 14.9. The van der Waals surface area contributed by atoms with Gasteiger partial charge in [0.2, 0.25) is 5.91 Å². The minimum Gasteiger partial charge on any atom is -0.486 e. The van der Waals surface area contributed by atoms with Crippen LogP contribution in [0.5, 0.6) is 11.5 Å². The highest BCUT2D eigenvalue weighted by Gasteiger charge is 2.27. The Bertz CT molecular complexity index is 840. The third-order valence-electron chi connectivity index (χ3n) is 4.68. The first kappa shape index (κ1) is 17.3.